The number of pyridine rings is 1. The predicted molar refractivity (Wildman–Crippen MR) is 116 cm³/mol. The molecule has 6 nitrogen and oxygen atoms in total. The number of hydrogen-bond acceptors (Lipinski definition) is 5. The molecule has 1 atom stereocenters. The molecule has 30 heavy (non-hydrogen) atoms. The lowest BCUT2D eigenvalue weighted by atomic mass is 10.1. The standard InChI is InChI=1S/C21H23FN4O2S2/c22-18-5-7-19(8-6-18)25-10-12-26(13-11-25)20(17-3-1-9-23-15-17)16-24-30(27,28)21-4-2-14-29-21/h1-9,14-15,20,24H,10-13,16H2/p+1. The molecule has 3 heterocycles. The van der Waals surface area contributed by atoms with Crippen LogP contribution < -0.4 is 14.5 Å². The van der Waals surface area contributed by atoms with Gasteiger partial charge in [-0.1, -0.05) is 6.07 Å². The van der Waals surface area contributed by atoms with Gasteiger partial charge in [-0.05, 0) is 47.8 Å². The third-order valence-electron chi connectivity index (χ3n) is 5.41. The summed E-state index contributed by atoms with van der Waals surface area (Å²) in [7, 11) is -3.53. The van der Waals surface area contributed by atoms with Crippen molar-refractivity contribution < 1.29 is 17.7 Å². The van der Waals surface area contributed by atoms with Crippen LogP contribution in [-0.2, 0) is 10.0 Å². The van der Waals surface area contributed by atoms with Gasteiger partial charge in [-0.2, -0.15) is 0 Å². The number of nitrogens with one attached hydrogen (secondary N) is 2. The normalized spacial score (nSPS) is 16.5. The topological polar surface area (TPSA) is 66.7 Å². The van der Waals surface area contributed by atoms with Crippen molar-refractivity contribution in [3.8, 4) is 0 Å². The van der Waals surface area contributed by atoms with E-state index in [2.05, 4.69) is 14.6 Å². The molecule has 1 aromatic carbocycles. The van der Waals surface area contributed by atoms with E-state index in [-0.39, 0.29) is 11.9 Å². The van der Waals surface area contributed by atoms with E-state index in [0.717, 1.165) is 37.4 Å². The summed E-state index contributed by atoms with van der Waals surface area (Å²) in [6.45, 7) is 3.62. The van der Waals surface area contributed by atoms with Crippen molar-refractivity contribution in [3.05, 3.63) is 77.7 Å². The maximum absolute atomic E-state index is 13.2. The number of aromatic nitrogens is 1. The first-order valence-electron chi connectivity index (χ1n) is 9.81. The first-order chi connectivity index (χ1) is 14.5. The summed E-state index contributed by atoms with van der Waals surface area (Å²) in [4.78, 5) is 7.77. The average molecular weight is 448 g/mol. The lowest BCUT2D eigenvalue weighted by Crippen LogP contribution is -3.15. The second-order valence-electron chi connectivity index (χ2n) is 7.24. The third kappa shape index (κ3) is 4.86. The molecule has 1 saturated heterocycles. The highest BCUT2D eigenvalue weighted by atomic mass is 32.2. The SMILES string of the molecule is O=S(=O)(NCC(c1cccnc1)[NH+]1CCN(c2ccc(F)cc2)CC1)c1cccs1. The van der Waals surface area contributed by atoms with E-state index in [1.165, 1.54) is 28.4 Å². The number of hydrogen-bond donors (Lipinski definition) is 2. The van der Waals surface area contributed by atoms with Crippen molar-refractivity contribution in [2.75, 3.05) is 37.6 Å². The first-order valence-corrected chi connectivity index (χ1v) is 12.2. The molecule has 0 spiro atoms. The highest BCUT2D eigenvalue weighted by Crippen LogP contribution is 2.18. The second-order valence-corrected chi connectivity index (χ2v) is 10.2. The van der Waals surface area contributed by atoms with E-state index in [4.69, 9.17) is 0 Å². The van der Waals surface area contributed by atoms with Crippen molar-refractivity contribution in [2.45, 2.75) is 10.3 Å². The molecule has 158 valence electrons. The molecule has 2 aromatic heterocycles. The molecule has 4 rings (SSSR count). The number of sulfonamides is 1. The Bertz CT molecular complexity index is 1040. The van der Waals surface area contributed by atoms with Gasteiger partial charge in [0.25, 0.3) is 0 Å². The molecule has 1 unspecified atom stereocenters. The maximum atomic E-state index is 13.2. The summed E-state index contributed by atoms with van der Waals surface area (Å²) in [6.07, 6.45) is 3.53. The first kappa shape index (κ1) is 20.9. The van der Waals surface area contributed by atoms with Crippen LogP contribution >= 0.6 is 11.3 Å². The fraction of sp³-hybridized carbons (Fsp3) is 0.286. The van der Waals surface area contributed by atoms with Crippen molar-refractivity contribution in [1.82, 2.24) is 9.71 Å². The van der Waals surface area contributed by atoms with Crippen LogP contribution in [0.5, 0.6) is 0 Å². The molecule has 2 N–H and O–H groups in total. The van der Waals surface area contributed by atoms with Crippen LogP contribution in [0.2, 0.25) is 0 Å². The molecule has 0 amide bonds. The van der Waals surface area contributed by atoms with Crippen molar-refractivity contribution in [2.24, 2.45) is 0 Å². The van der Waals surface area contributed by atoms with Gasteiger partial charge < -0.3 is 9.80 Å². The van der Waals surface area contributed by atoms with Crippen molar-refractivity contribution in [3.63, 3.8) is 0 Å². The highest BCUT2D eigenvalue weighted by molar-refractivity contribution is 7.91. The Hall–Kier alpha value is -2.33. The van der Waals surface area contributed by atoms with Crippen LogP contribution in [0.3, 0.4) is 0 Å². The lowest BCUT2D eigenvalue weighted by Gasteiger charge is -2.37. The minimum Gasteiger partial charge on any atom is -0.360 e. The van der Waals surface area contributed by atoms with Crippen molar-refractivity contribution >= 4 is 27.0 Å². The van der Waals surface area contributed by atoms with Gasteiger partial charge in [-0.25, -0.2) is 17.5 Å². The summed E-state index contributed by atoms with van der Waals surface area (Å²) >= 11 is 1.21. The number of thiophene rings is 1. The number of rotatable bonds is 7. The minimum atomic E-state index is -3.53. The van der Waals surface area contributed by atoms with Gasteiger partial charge >= 0.3 is 0 Å². The Morgan fingerprint density at radius 3 is 2.53 bits per heavy atom. The average Bonchev–Trinajstić information content (AvgIpc) is 3.32. The zero-order valence-electron chi connectivity index (χ0n) is 16.4. The molecule has 1 aliphatic heterocycles. The third-order valence-corrected chi connectivity index (χ3v) is 8.24. The van der Waals surface area contributed by atoms with E-state index in [0.29, 0.717) is 10.8 Å². The minimum absolute atomic E-state index is 0.0381. The summed E-state index contributed by atoms with van der Waals surface area (Å²) in [5.41, 5.74) is 2.02. The quantitative estimate of drug-likeness (QED) is 0.579. The Morgan fingerprint density at radius 2 is 1.90 bits per heavy atom. The Balaban J connectivity index is 1.46. The van der Waals surface area contributed by atoms with Crippen LogP contribution in [0.15, 0.2) is 70.5 Å². The number of benzene rings is 1. The lowest BCUT2D eigenvalue weighted by molar-refractivity contribution is -0.930. The van der Waals surface area contributed by atoms with Gasteiger partial charge in [0.15, 0.2) is 0 Å². The molecular weight excluding hydrogens is 423 g/mol. The molecular formula is C21H24FN4O2S2+. The Labute approximate surface area is 180 Å². The number of quaternary nitrogens is 1. The molecule has 0 saturated carbocycles. The molecule has 0 radical (unpaired) electrons. The summed E-state index contributed by atoms with van der Waals surface area (Å²) in [5, 5.41) is 1.76. The summed E-state index contributed by atoms with van der Waals surface area (Å²) in [5.74, 6) is -0.238. The highest BCUT2D eigenvalue weighted by Gasteiger charge is 2.30. The van der Waals surface area contributed by atoms with Gasteiger partial charge in [0.1, 0.15) is 16.1 Å². The second kappa shape index (κ2) is 9.22. The van der Waals surface area contributed by atoms with Gasteiger partial charge in [0.05, 0.1) is 32.7 Å². The summed E-state index contributed by atoms with van der Waals surface area (Å²) < 4.78 is 41.5. The van der Waals surface area contributed by atoms with Crippen LogP contribution in [-0.4, -0.2) is 46.1 Å². The molecule has 9 heteroatoms. The van der Waals surface area contributed by atoms with E-state index < -0.39 is 10.0 Å². The van der Waals surface area contributed by atoms with Gasteiger partial charge in [-0.15, -0.1) is 11.3 Å². The zero-order valence-corrected chi connectivity index (χ0v) is 18.0. The van der Waals surface area contributed by atoms with Gasteiger partial charge in [0, 0.05) is 23.6 Å². The number of anilines is 1. The predicted octanol–water partition coefficient (Wildman–Crippen LogP) is 1.71. The van der Waals surface area contributed by atoms with Crippen molar-refractivity contribution in [1.29, 1.82) is 0 Å². The number of piperazine rings is 1. The molecule has 3 aromatic rings. The molecule has 0 aliphatic carbocycles. The van der Waals surface area contributed by atoms with Crippen LogP contribution in [0.4, 0.5) is 10.1 Å². The Kier molecular flexibility index (Phi) is 6.43. The zero-order chi connectivity index (χ0) is 21.0. The molecule has 1 aliphatic rings. The smallest absolute Gasteiger partial charge is 0.250 e. The van der Waals surface area contributed by atoms with E-state index in [9.17, 15) is 12.8 Å². The number of nitrogens with zero attached hydrogens (tertiary/aromatic N) is 2. The van der Waals surface area contributed by atoms with Crippen LogP contribution in [0.1, 0.15) is 11.6 Å². The fourth-order valence-corrected chi connectivity index (χ4v) is 5.90. The van der Waals surface area contributed by atoms with E-state index >= 15 is 0 Å². The maximum Gasteiger partial charge on any atom is 0.250 e. The van der Waals surface area contributed by atoms with Crippen LogP contribution in [0.25, 0.3) is 0 Å². The Morgan fingerprint density at radius 1 is 1.13 bits per heavy atom. The van der Waals surface area contributed by atoms with Gasteiger partial charge in [0.2, 0.25) is 10.0 Å². The van der Waals surface area contributed by atoms with Crippen LogP contribution in [0, 0.1) is 5.82 Å². The summed E-state index contributed by atoms with van der Waals surface area (Å²) in [6, 6.07) is 13.7. The molecule has 0 bridgehead atoms. The van der Waals surface area contributed by atoms with E-state index in [1.54, 1.807) is 35.8 Å². The largest absolute Gasteiger partial charge is 0.360 e. The molecule has 1 fully saturated rings. The van der Waals surface area contributed by atoms with E-state index in [1.807, 2.05) is 18.3 Å². The fourth-order valence-electron chi connectivity index (χ4n) is 3.81. The number of halogens is 1. The monoisotopic (exact) mass is 447 g/mol. The van der Waals surface area contributed by atoms with Gasteiger partial charge in [-0.3, -0.25) is 4.98 Å².